The van der Waals surface area contributed by atoms with E-state index in [1.54, 1.807) is 13.0 Å². The Morgan fingerprint density at radius 3 is 2.15 bits per heavy atom. The minimum atomic E-state index is 0.169. The lowest BCUT2D eigenvalue weighted by Gasteiger charge is -1.99. The summed E-state index contributed by atoms with van der Waals surface area (Å²) in [4.78, 5) is 0.231. The Morgan fingerprint density at radius 2 is 1.92 bits per heavy atom. The lowest BCUT2D eigenvalue weighted by molar-refractivity contribution is 0.412. The summed E-state index contributed by atoms with van der Waals surface area (Å²) in [5.74, 6) is 0.169. The van der Waals surface area contributed by atoms with Crippen LogP contribution in [0, 0.1) is 0 Å². The fourth-order valence-electron chi connectivity index (χ4n) is 0.617. The summed E-state index contributed by atoms with van der Waals surface area (Å²) in [5, 5.41) is 9.07. The van der Waals surface area contributed by atoms with E-state index in [4.69, 9.17) is 23.1 Å². The molecule has 0 aliphatic heterocycles. The maximum absolute atomic E-state index is 9.07. The van der Waals surface area contributed by atoms with Gasteiger partial charge in [-0.15, -0.1) is 0 Å². The number of rotatable bonds is 3. The SMILES string of the molecule is CC.CC/C=C\C(C(N)=S)=C(/C)O. The summed E-state index contributed by atoms with van der Waals surface area (Å²) in [6.07, 6.45) is 4.53. The second-order valence-electron chi connectivity index (χ2n) is 2.17. The van der Waals surface area contributed by atoms with E-state index in [2.05, 4.69) is 0 Å². The number of hydrogen-bond acceptors (Lipinski definition) is 2. The van der Waals surface area contributed by atoms with Crippen molar-refractivity contribution < 1.29 is 5.11 Å². The average Bonchev–Trinajstić information content (AvgIpc) is 2.07. The smallest absolute Gasteiger partial charge is 0.107 e. The van der Waals surface area contributed by atoms with Gasteiger partial charge in [0.05, 0.1) is 5.76 Å². The first kappa shape index (κ1) is 14.7. The van der Waals surface area contributed by atoms with Crippen LogP contribution in [0.2, 0.25) is 0 Å². The molecular weight excluding hydrogens is 182 g/mol. The van der Waals surface area contributed by atoms with Crippen molar-refractivity contribution >= 4 is 17.2 Å². The highest BCUT2D eigenvalue weighted by molar-refractivity contribution is 7.80. The molecule has 0 heterocycles. The van der Waals surface area contributed by atoms with E-state index in [-0.39, 0.29) is 10.7 Å². The Balaban J connectivity index is 0. The fourth-order valence-corrected chi connectivity index (χ4v) is 0.832. The number of allylic oxidation sites excluding steroid dienone is 2. The summed E-state index contributed by atoms with van der Waals surface area (Å²) in [6, 6.07) is 0. The molecule has 0 radical (unpaired) electrons. The molecule has 0 spiro atoms. The minimum absolute atomic E-state index is 0.169. The van der Waals surface area contributed by atoms with Crippen molar-refractivity contribution in [3.63, 3.8) is 0 Å². The van der Waals surface area contributed by atoms with E-state index in [0.717, 1.165) is 6.42 Å². The van der Waals surface area contributed by atoms with Gasteiger partial charge in [-0.2, -0.15) is 0 Å². The summed E-state index contributed by atoms with van der Waals surface area (Å²) >= 11 is 4.72. The second-order valence-corrected chi connectivity index (χ2v) is 2.61. The number of aliphatic hydroxyl groups is 1. The van der Waals surface area contributed by atoms with E-state index in [1.165, 1.54) is 0 Å². The lowest BCUT2D eigenvalue weighted by Crippen LogP contribution is -2.11. The molecule has 0 amide bonds. The fraction of sp³-hybridized carbons (Fsp3) is 0.500. The van der Waals surface area contributed by atoms with Gasteiger partial charge in [-0.1, -0.05) is 45.1 Å². The Hall–Kier alpha value is -0.830. The molecule has 2 nitrogen and oxygen atoms in total. The van der Waals surface area contributed by atoms with Gasteiger partial charge in [0, 0.05) is 5.57 Å². The molecule has 0 saturated heterocycles. The molecular formula is C10H19NOS. The van der Waals surface area contributed by atoms with Crippen LogP contribution < -0.4 is 5.73 Å². The van der Waals surface area contributed by atoms with Gasteiger partial charge in [-0.25, -0.2) is 0 Å². The Morgan fingerprint density at radius 1 is 1.46 bits per heavy atom. The van der Waals surface area contributed by atoms with Crippen LogP contribution in [0.1, 0.15) is 34.1 Å². The molecule has 13 heavy (non-hydrogen) atoms. The van der Waals surface area contributed by atoms with Crippen molar-refractivity contribution in [2.24, 2.45) is 5.73 Å². The van der Waals surface area contributed by atoms with Crippen molar-refractivity contribution in [2.45, 2.75) is 34.1 Å². The molecule has 0 aromatic heterocycles. The molecule has 0 saturated carbocycles. The third-order valence-corrected chi connectivity index (χ3v) is 1.40. The topological polar surface area (TPSA) is 46.2 Å². The average molecular weight is 201 g/mol. The molecule has 0 aromatic rings. The van der Waals surface area contributed by atoms with Crippen LogP contribution >= 0.6 is 12.2 Å². The first-order chi connectivity index (χ1) is 6.09. The highest BCUT2D eigenvalue weighted by Crippen LogP contribution is 2.03. The van der Waals surface area contributed by atoms with Crippen molar-refractivity contribution in [2.75, 3.05) is 0 Å². The molecule has 0 aliphatic rings. The van der Waals surface area contributed by atoms with Gasteiger partial charge < -0.3 is 10.8 Å². The zero-order valence-electron chi connectivity index (χ0n) is 8.79. The van der Waals surface area contributed by atoms with Crippen LogP contribution in [-0.4, -0.2) is 10.1 Å². The van der Waals surface area contributed by atoms with Crippen LogP contribution in [0.4, 0.5) is 0 Å². The van der Waals surface area contributed by atoms with E-state index < -0.39 is 0 Å². The van der Waals surface area contributed by atoms with Gasteiger partial charge in [-0.3, -0.25) is 0 Å². The van der Waals surface area contributed by atoms with Crippen LogP contribution in [-0.2, 0) is 0 Å². The number of aliphatic hydroxyl groups excluding tert-OH is 1. The summed E-state index contributed by atoms with van der Waals surface area (Å²) in [7, 11) is 0. The molecule has 0 aromatic carbocycles. The monoisotopic (exact) mass is 201 g/mol. The molecule has 0 fully saturated rings. The van der Waals surface area contributed by atoms with E-state index in [9.17, 15) is 0 Å². The zero-order valence-corrected chi connectivity index (χ0v) is 9.61. The number of nitrogens with two attached hydrogens (primary N) is 1. The molecule has 0 aliphatic carbocycles. The van der Waals surface area contributed by atoms with Crippen LogP contribution in [0.3, 0.4) is 0 Å². The molecule has 0 bridgehead atoms. The third kappa shape index (κ3) is 7.53. The Labute approximate surface area is 86.1 Å². The van der Waals surface area contributed by atoms with Gasteiger partial charge in [0.15, 0.2) is 0 Å². The summed E-state index contributed by atoms with van der Waals surface area (Å²) < 4.78 is 0. The first-order valence-corrected chi connectivity index (χ1v) is 4.86. The highest BCUT2D eigenvalue weighted by atomic mass is 32.1. The Kier molecular flexibility index (Phi) is 10.5. The number of thiocarbonyl (C=S) groups is 1. The number of hydrogen-bond donors (Lipinski definition) is 2. The normalized spacial score (nSPS) is 11.7. The quantitative estimate of drug-likeness (QED) is 0.319. The second kappa shape index (κ2) is 9.26. The van der Waals surface area contributed by atoms with Crippen molar-refractivity contribution in [1.29, 1.82) is 0 Å². The molecule has 3 N–H and O–H groups in total. The minimum Gasteiger partial charge on any atom is -0.512 e. The third-order valence-electron chi connectivity index (χ3n) is 1.18. The zero-order chi connectivity index (χ0) is 10.9. The van der Waals surface area contributed by atoms with Gasteiger partial charge in [0.2, 0.25) is 0 Å². The first-order valence-electron chi connectivity index (χ1n) is 4.45. The lowest BCUT2D eigenvalue weighted by atomic mass is 10.2. The molecule has 0 atom stereocenters. The van der Waals surface area contributed by atoms with Crippen molar-refractivity contribution in [1.82, 2.24) is 0 Å². The van der Waals surface area contributed by atoms with Crippen molar-refractivity contribution in [3.8, 4) is 0 Å². The summed E-state index contributed by atoms with van der Waals surface area (Å²) in [5.41, 5.74) is 5.88. The maximum Gasteiger partial charge on any atom is 0.107 e. The van der Waals surface area contributed by atoms with Gasteiger partial charge >= 0.3 is 0 Å². The van der Waals surface area contributed by atoms with Crippen LogP contribution in [0.5, 0.6) is 0 Å². The van der Waals surface area contributed by atoms with Gasteiger partial charge in [0.1, 0.15) is 4.99 Å². The summed E-state index contributed by atoms with van der Waals surface area (Å²) in [6.45, 7) is 7.56. The van der Waals surface area contributed by atoms with Crippen molar-refractivity contribution in [3.05, 3.63) is 23.5 Å². The van der Waals surface area contributed by atoms with E-state index in [1.807, 2.05) is 26.8 Å². The van der Waals surface area contributed by atoms with Gasteiger partial charge in [-0.05, 0) is 13.3 Å². The Bertz CT molecular complexity index is 203. The molecule has 0 unspecified atom stereocenters. The largest absolute Gasteiger partial charge is 0.512 e. The predicted molar refractivity (Wildman–Crippen MR) is 62.9 cm³/mol. The highest BCUT2D eigenvalue weighted by Gasteiger charge is 1.99. The molecule has 76 valence electrons. The predicted octanol–water partition coefficient (Wildman–Crippen LogP) is 3.10. The van der Waals surface area contributed by atoms with Crippen LogP contribution in [0.25, 0.3) is 0 Å². The van der Waals surface area contributed by atoms with Gasteiger partial charge in [0.25, 0.3) is 0 Å². The molecule has 0 rings (SSSR count). The van der Waals surface area contributed by atoms with Crippen LogP contribution in [0.15, 0.2) is 23.5 Å². The van der Waals surface area contributed by atoms with E-state index >= 15 is 0 Å². The molecule has 3 heteroatoms. The standard InChI is InChI=1S/C8H13NOS.C2H6/c1-3-4-5-7(6(2)10)8(9)11;1-2/h4-5,10H,3H2,1-2H3,(H2,9,11);1-2H3/b5-4-,7-6-;. The van der Waals surface area contributed by atoms with E-state index in [0.29, 0.717) is 5.57 Å². The maximum atomic E-state index is 9.07.